The van der Waals surface area contributed by atoms with Crippen molar-refractivity contribution in [3.8, 4) is 0 Å². The van der Waals surface area contributed by atoms with Crippen LogP contribution in [0, 0.1) is 0 Å². The monoisotopic (exact) mass is 404 g/mol. The SMILES string of the molecule is COCCOC/C=C\OB(O/C=C/COCCOC)O/C=C/COCCOC. The predicted octanol–water partition coefficient (Wildman–Crippen LogP) is 1.55. The van der Waals surface area contributed by atoms with Gasteiger partial charge in [0.25, 0.3) is 0 Å². The summed E-state index contributed by atoms with van der Waals surface area (Å²) < 4.78 is 46.7. The minimum Gasteiger partial charge on any atom is -0.497 e. The molecule has 0 saturated carbocycles. The van der Waals surface area contributed by atoms with Crippen LogP contribution in [0.1, 0.15) is 0 Å². The summed E-state index contributed by atoms with van der Waals surface area (Å²) in [5.74, 6) is 0. The van der Waals surface area contributed by atoms with Gasteiger partial charge in [-0.15, -0.1) is 0 Å². The number of methoxy groups -OCH3 is 3. The molecule has 0 heterocycles. The van der Waals surface area contributed by atoms with Gasteiger partial charge in [0.15, 0.2) is 0 Å². The van der Waals surface area contributed by atoms with Crippen LogP contribution in [0.25, 0.3) is 0 Å². The zero-order chi connectivity index (χ0) is 20.5. The summed E-state index contributed by atoms with van der Waals surface area (Å²) in [5, 5.41) is 0. The van der Waals surface area contributed by atoms with Crippen molar-refractivity contribution in [3.63, 3.8) is 0 Å². The maximum absolute atomic E-state index is 5.38. The zero-order valence-corrected chi connectivity index (χ0v) is 17.1. The summed E-state index contributed by atoms with van der Waals surface area (Å²) in [7, 11) is 3.90. The van der Waals surface area contributed by atoms with Gasteiger partial charge in [0.05, 0.1) is 78.2 Å². The second-order valence-corrected chi connectivity index (χ2v) is 5.02. The third kappa shape index (κ3) is 20.8. The Morgan fingerprint density at radius 1 is 0.500 bits per heavy atom. The second kappa shape index (κ2) is 23.5. The summed E-state index contributed by atoms with van der Waals surface area (Å²) in [5.41, 5.74) is 0. The van der Waals surface area contributed by atoms with Crippen molar-refractivity contribution < 1.29 is 42.4 Å². The highest BCUT2D eigenvalue weighted by atomic mass is 16.7. The third-order valence-electron chi connectivity index (χ3n) is 2.80. The molecule has 9 nitrogen and oxygen atoms in total. The van der Waals surface area contributed by atoms with E-state index in [1.165, 1.54) is 18.8 Å². The summed E-state index contributed by atoms with van der Waals surface area (Å²) in [6, 6.07) is 0. The Kier molecular flexibility index (Phi) is 22.2. The van der Waals surface area contributed by atoms with Crippen molar-refractivity contribution >= 4 is 7.32 Å². The van der Waals surface area contributed by atoms with Gasteiger partial charge < -0.3 is 42.4 Å². The summed E-state index contributed by atoms with van der Waals surface area (Å²) in [6.45, 7) is 4.32. The van der Waals surface area contributed by atoms with Gasteiger partial charge in [-0.25, -0.2) is 0 Å². The highest BCUT2D eigenvalue weighted by Crippen LogP contribution is 1.97. The molecule has 28 heavy (non-hydrogen) atoms. The van der Waals surface area contributed by atoms with E-state index < -0.39 is 7.32 Å². The fourth-order valence-corrected chi connectivity index (χ4v) is 1.45. The molecular formula is C18H33BO9. The Hall–Kier alpha value is -1.56. The van der Waals surface area contributed by atoms with E-state index in [0.717, 1.165) is 0 Å². The smallest absolute Gasteiger partial charge is 0.497 e. The largest absolute Gasteiger partial charge is 0.862 e. The molecule has 10 heteroatoms. The predicted molar refractivity (Wildman–Crippen MR) is 105 cm³/mol. The standard InChI is InChI=1S/C18H33BO9/c1-20-13-16-23-7-4-10-26-19(27-11-5-8-24-17-14-21-2)28-12-6-9-25-18-15-22-3/h4-6,10-12H,7-9,13-18H2,1-3H3/b10-4-,11-5+,12-6+. The first-order chi connectivity index (χ1) is 13.8. The molecule has 0 spiro atoms. The highest BCUT2D eigenvalue weighted by molar-refractivity contribution is 6.37. The molecule has 0 aromatic rings. The van der Waals surface area contributed by atoms with E-state index in [1.54, 1.807) is 39.6 Å². The third-order valence-corrected chi connectivity index (χ3v) is 2.80. The Morgan fingerprint density at radius 2 is 0.821 bits per heavy atom. The Balaban J connectivity index is 4.12. The van der Waals surface area contributed by atoms with Crippen LogP contribution in [0.4, 0.5) is 0 Å². The topological polar surface area (TPSA) is 83.1 Å². The van der Waals surface area contributed by atoms with Crippen LogP contribution in [0.5, 0.6) is 0 Å². The van der Waals surface area contributed by atoms with Gasteiger partial charge in [0, 0.05) is 21.3 Å². The van der Waals surface area contributed by atoms with E-state index in [0.29, 0.717) is 59.5 Å². The van der Waals surface area contributed by atoms with Crippen molar-refractivity contribution in [2.24, 2.45) is 0 Å². The van der Waals surface area contributed by atoms with Crippen LogP contribution in [-0.4, -0.2) is 88.1 Å². The molecular weight excluding hydrogens is 371 g/mol. The number of hydrogen-bond donors (Lipinski definition) is 0. The molecule has 0 saturated heterocycles. The highest BCUT2D eigenvalue weighted by Gasteiger charge is 2.24. The van der Waals surface area contributed by atoms with Gasteiger partial charge in [-0.1, -0.05) is 0 Å². The maximum atomic E-state index is 5.38. The van der Waals surface area contributed by atoms with E-state index in [4.69, 9.17) is 42.4 Å². The molecule has 0 aliphatic rings. The van der Waals surface area contributed by atoms with Crippen LogP contribution in [0.15, 0.2) is 37.0 Å². The van der Waals surface area contributed by atoms with Gasteiger partial charge in [-0.2, -0.15) is 0 Å². The van der Waals surface area contributed by atoms with Gasteiger partial charge in [-0.3, -0.25) is 0 Å². The first-order valence-corrected chi connectivity index (χ1v) is 8.96. The van der Waals surface area contributed by atoms with Crippen LogP contribution in [-0.2, 0) is 42.4 Å². The average molecular weight is 404 g/mol. The summed E-state index contributed by atoms with van der Waals surface area (Å²) in [4.78, 5) is 0. The molecule has 0 amide bonds. The second-order valence-electron chi connectivity index (χ2n) is 5.02. The number of hydrogen-bond acceptors (Lipinski definition) is 9. The molecule has 0 bridgehead atoms. The van der Waals surface area contributed by atoms with Crippen LogP contribution < -0.4 is 0 Å². The molecule has 0 aromatic carbocycles. The Labute approximate surface area is 168 Å². The molecule has 0 fully saturated rings. The average Bonchev–Trinajstić information content (AvgIpc) is 2.71. The minimum atomic E-state index is -0.958. The lowest BCUT2D eigenvalue weighted by molar-refractivity contribution is 0.0839. The van der Waals surface area contributed by atoms with Crippen molar-refractivity contribution in [1.29, 1.82) is 0 Å². The van der Waals surface area contributed by atoms with Gasteiger partial charge >= 0.3 is 7.32 Å². The molecule has 162 valence electrons. The van der Waals surface area contributed by atoms with Crippen molar-refractivity contribution in [2.45, 2.75) is 0 Å². The fourth-order valence-electron chi connectivity index (χ4n) is 1.45. The van der Waals surface area contributed by atoms with Crippen LogP contribution in [0.2, 0.25) is 0 Å². The van der Waals surface area contributed by atoms with E-state index in [1.807, 2.05) is 0 Å². The molecule has 0 rings (SSSR count). The summed E-state index contributed by atoms with van der Waals surface area (Å²) in [6.07, 6.45) is 9.44. The zero-order valence-electron chi connectivity index (χ0n) is 17.1. The van der Waals surface area contributed by atoms with Gasteiger partial charge in [-0.05, 0) is 18.2 Å². The van der Waals surface area contributed by atoms with E-state index in [9.17, 15) is 0 Å². The van der Waals surface area contributed by atoms with Gasteiger partial charge in [0.2, 0.25) is 0 Å². The maximum Gasteiger partial charge on any atom is 0.862 e. The minimum absolute atomic E-state index is 0.391. The van der Waals surface area contributed by atoms with Crippen molar-refractivity contribution in [3.05, 3.63) is 37.0 Å². The van der Waals surface area contributed by atoms with Crippen molar-refractivity contribution in [1.82, 2.24) is 0 Å². The number of rotatable bonds is 21. The molecule has 0 radical (unpaired) electrons. The molecule has 0 atom stereocenters. The fraction of sp³-hybridized carbons (Fsp3) is 0.667. The lowest BCUT2D eigenvalue weighted by atomic mass is 10.2. The van der Waals surface area contributed by atoms with Crippen LogP contribution >= 0.6 is 0 Å². The quantitative estimate of drug-likeness (QED) is 0.161. The van der Waals surface area contributed by atoms with Gasteiger partial charge in [0.1, 0.15) is 0 Å². The number of ether oxygens (including phenoxy) is 6. The normalized spacial score (nSPS) is 11.7. The van der Waals surface area contributed by atoms with E-state index >= 15 is 0 Å². The first-order valence-electron chi connectivity index (χ1n) is 8.96. The lowest BCUT2D eigenvalue weighted by Gasteiger charge is -2.09. The van der Waals surface area contributed by atoms with Crippen LogP contribution in [0.3, 0.4) is 0 Å². The summed E-state index contributed by atoms with van der Waals surface area (Å²) >= 11 is 0. The molecule has 0 aromatic heterocycles. The first kappa shape index (κ1) is 26.4. The van der Waals surface area contributed by atoms with E-state index in [-0.39, 0.29) is 0 Å². The Morgan fingerprint density at radius 3 is 1.11 bits per heavy atom. The van der Waals surface area contributed by atoms with E-state index in [2.05, 4.69) is 0 Å². The molecule has 0 unspecified atom stereocenters. The molecule has 0 N–H and O–H groups in total. The Bertz CT molecular complexity index is 334. The van der Waals surface area contributed by atoms with Crippen molar-refractivity contribution in [2.75, 3.05) is 80.8 Å². The lowest BCUT2D eigenvalue weighted by Crippen LogP contribution is -2.20. The molecule has 0 aliphatic heterocycles. The molecule has 0 aliphatic carbocycles.